The molecule has 0 bridgehead atoms. The highest BCUT2D eigenvalue weighted by molar-refractivity contribution is 8.01. The number of nitrogens with one attached hydrogen (secondary N) is 1. The van der Waals surface area contributed by atoms with Crippen molar-refractivity contribution >= 4 is 17.7 Å². The Kier molecular flexibility index (Phi) is 7.09. The molecule has 4 heteroatoms. The summed E-state index contributed by atoms with van der Waals surface area (Å²) in [7, 11) is 0. The van der Waals surface area contributed by atoms with Gasteiger partial charge in [0.15, 0.2) is 0 Å². The summed E-state index contributed by atoms with van der Waals surface area (Å²) in [5, 5.41) is 3.29. The van der Waals surface area contributed by atoms with E-state index in [0.29, 0.717) is 18.3 Å². The molecule has 0 rings (SSSR count). The Morgan fingerprint density at radius 2 is 2.15 bits per heavy atom. The lowest BCUT2D eigenvalue weighted by molar-refractivity contribution is -0.120. The molecule has 0 aromatic heterocycles. The molecule has 0 fully saturated rings. The maximum atomic E-state index is 11.3. The molecule has 0 aliphatic rings. The van der Waals surface area contributed by atoms with Gasteiger partial charge in [-0.05, 0) is 26.8 Å². The molecule has 3 N–H and O–H groups in total. The molecule has 2 unspecified atom stereocenters. The Balaban J connectivity index is 3.71. The minimum atomic E-state index is 0.0292. The fourth-order valence-electron chi connectivity index (χ4n) is 1.03. The van der Waals surface area contributed by atoms with Crippen molar-refractivity contribution in [2.45, 2.75) is 37.7 Å². The van der Waals surface area contributed by atoms with E-state index in [1.54, 1.807) is 11.8 Å². The van der Waals surface area contributed by atoms with Crippen LogP contribution in [0.25, 0.3) is 0 Å². The van der Waals surface area contributed by atoms with Crippen LogP contribution in [0, 0.1) is 0 Å². The number of rotatable bonds is 6. The summed E-state index contributed by atoms with van der Waals surface area (Å²) in [4.78, 5) is 11.3. The monoisotopic (exact) mass is 204 g/mol. The number of hydrogen-bond acceptors (Lipinski definition) is 3. The molecule has 78 valence electrons. The molecule has 3 nitrogen and oxygen atoms in total. The van der Waals surface area contributed by atoms with Crippen molar-refractivity contribution in [3.8, 4) is 0 Å². The molecule has 0 spiro atoms. The molecule has 1 amide bonds. The first-order chi connectivity index (χ1) is 6.11. The molecule has 0 saturated heterocycles. The Morgan fingerprint density at radius 1 is 1.54 bits per heavy atom. The van der Waals surface area contributed by atoms with Crippen LogP contribution >= 0.6 is 11.8 Å². The van der Waals surface area contributed by atoms with E-state index in [1.807, 2.05) is 13.8 Å². The van der Waals surface area contributed by atoms with Crippen LogP contribution in [0.3, 0.4) is 0 Å². The SMILES string of the molecule is CCNC(=O)C(C)SC(C)CCN. The highest BCUT2D eigenvalue weighted by atomic mass is 32.2. The maximum Gasteiger partial charge on any atom is 0.232 e. The van der Waals surface area contributed by atoms with Gasteiger partial charge in [-0.15, -0.1) is 11.8 Å². The number of carbonyl (C=O) groups is 1. The molecular weight excluding hydrogens is 184 g/mol. The highest BCUT2D eigenvalue weighted by Crippen LogP contribution is 2.19. The zero-order valence-corrected chi connectivity index (χ0v) is 9.49. The van der Waals surface area contributed by atoms with Crippen molar-refractivity contribution in [2.24, 2.45) is 5.73 Å². The van der Waals surface area contributed by atoms with Gasteiger partial charge in [0.2, 0.25) is 5.91 Å². The van der Waals surface area contributed by atoms with E-state index < -0.39 is 0 Å². The molecule has 0 aliphatic heterocycles. The van der Waals surface area contributed by atoms with Gasteiger partial charge in [0.1, 0.15) is 0 Å². The van der Waals surface area contributed by atoms with Crippen LogP contribution in [0.2, 0.25) is 0 Å². The van der Waals surface area contributed by atoms with Crippen molar-refractivity contribution in [3.05, 3.63) is 0 Å². The summed E-state index contributed by atoms with van der Waals surface area (Å²) < 4.78 is 0. The standard InChI is InChI=1S/C9H20N2OS/c1-4-11-9(12)8(3)13-7(2)5-6-10/h7-8H,4-6,10H2,1-3H3,(H,11,12). The number of amides is 1. The van der Waals surface area contributed by atoms with E-state index in [-0.39, 0.29) is 11.2 Å². The van der Waals surface area contributed by atoms with Crippen LogP contribution in [-0.4, -0.2) is 29.5 Å². The summed E-state index contributed by atoms with van der Waals surface area (Å²) in [6.45, 7) is 7.36. The van der Waals surface area contributed by atoms with Crippen molar-refractivity contribution in [3.63, 3.8) is 0 Å². The number of nitrogens with two attached hydrogens (primary N) is 1. The Bertz CT molecular complexity index is 153. The summed E-state index contributed by atoms with van der Waals surface area (Å²) >= 11 is 1.68. The second kappa shape index (κ2) is 7.21. The van der Waals surface area contributed by atoms with Gasteiger partial charge in [-0.1, -0.05) is 6.92 Å². The average Bonchev–Trinajstić information content (AvgIpc) is 2.05. The molecule has 0 radical (unpaired) electrons. The van der Waals surface area contributed by atoms with E-state index in [2.05, 4.69) is 12.2 Å². The van der Waals surface area contributed by atoms with Crippen molar-refractivity contribution in [2.75, 3.05) is 13.1 Å². The van der Waals surface area contributed by atoms with Crippen molar-refractivity contribution in [1.82, 2.24) is 5.32 Å². The van der Waals surface area contributed by atoms with Gasteiger partial charge in [0, 0.05) is 11.8 Å². The smallest absolute Gasteiger partial charge is 0.232 e. The van der Waals surface area contributed by atoms with Crippen LogP contribution in [0.15, 0.2) is 0 Å². The molecule has 13 heavy (non-hydrogen) atoms. The van der Waals surface area contributed by atoms with Crippen LogP contribution < -0.4 is 11.1 Å². The maximum absolute atomic E-state index is 11.3. The van der Waals surface area contributed by atoms with Gasteiger partial charge < -0.3 is 11.1 Å². The second-order valence-corrected chi connectivity index (χ2v) is 4.84. The zero-order chi connectivity index (χ0) is 10.3. The summed E-state index contributed by atoms with van der Waals surface area (Å²) in [6, 6.07) is 0. The van der Waals surface area contributed by atoms with E-state index in [0.717, 1.165) is 6.42 Å². The van der Waals surface area contributed by atoms with Gasteiger partial charge in [0.25, 0.3) is 0 Å². The lowest BCUT2D eigenvalue weighted by Crippen LogP contribution is -2.31. The molecule has 0 saturated carbocycles. The minimum Gasteiger partial charge on any atom is -0.355 e. The first-order valence-electron chi connectivity index (χ1n) is 4.75. The van der Waals surface area contributed by atoms with Gasteiger partial charge in [-0.2, -0.15) is 0 Å². The second-order valence-electron chi connectivity index (χ2n) is 3.06. The van der Waals surface area contributed by atoms with Crippen LogP contribution in [0.1, 0.15) is 27.2 Å². The number of thioether (sulfide) groups is 1. The Morgan fingerprint density at radius 3 is 2.62 bits per heavy atom. The van der Waals surface area contributed by atoms with E-state index in [9.17, 15) is 4.79 Å². The third-order valence-electron chi connectivity index (χ3n) is 1.73. The first kappa shape index (κ1) is 12.8. The summed E-state index contributed by atoms with van der Waals surface area (Å²) in [5.41, 5.74) is 5.43. The number of hydrogen-bond donors (Lipinski definition) is 2. The predicted octanol–water partition coefficient (Wildman–Crippen LogP) is 0.982. The Hall–Kier alpha value is -0.220. The van der Waals surface area contributed by atoms with Crippen molar-refractivity contribution < 1.29 is 4.79 Å². The highest BCUT2D eigenvalue weighted by Gasteiger charge is 2.15. The van der Waals surface area contributed by atoms with Crippen LogP contribution in [0.5, 0.6) is 0 Å². The third-order valence-corrected chi connectivity index (χ3v) is 3.05. The van der Waals surface area contributed by atoms with Crippen LogP contribution in [0.4, 0.5) is 0 Å². The fourth-order valence-corrected chi connectivity index (χ4v) is 2.21. The van der Waals surface area contributed by atoms with E-state index in [1.165, 1.54) is 0 Å². The fraction of sp³-hybridized carbons (Fsp3) is 0.889. The minimum absolute atomic E-state index is 0.0292. The predicted molar refractivity (Wildman–Crippen MR) is 58.9 cm³/mol. The third kappa shape index (κ3) is 5.93. The van der Waals surface area contributed by atoms with Crippen molar-refractivity contribution in [1.29, 1.82) is 0 Å². The normalized spacial score (nSPS) is 15.1. The topological polar surface area (TPSA) is 55.1 Å². The lowest BCUT2D eigenvalue weighted by atomic mass is 10.3. The van der Waals surface area contributed by atoms with E-state index >= 15 is 0 Å². The summed E-state index contributed by atoms with van der Waals surface area (Å²) in [5.74, 6) is 0.122. The van der Waals surface area contributed by atoms with Gasteiger partial charge in [0.05, 0.1) is 5.25 Å². The summed E-state index contributed by atoms with van der Waals surface area (Å²) in [6.07, 6.45) is 0.967. The molecule has 2 atom stereocenters. The molecule has 0 aromatic carbocycles. The van der Waals surface area contributed by atoms with Gasteiger partial charge >= 0.3 is 0 Å². The molecular formula is C9H20N2OS. The zero-order valence-electron chi connectivity index (χ0n) is 8.67. The van der Waals surface area contributed by atoms with Crippen LogP contribution in [-0.2, 0) is 4.79 Å². The van der Waals surface area contributed by atoms with E-state index in [4.69, 9.17) is 5.73 Å². The molecule has 0 aromatic rings. The molecule has 0 aliphatic carbocycles. The van der Waals surface area contributed by atoms with Gasteiger partial charge in [-0.25, -0.2) is 0 Å². The number of carbonyl (C=O) groups excluding carboxylic acids is 1. The Labute approximate surface area is 84.8 Å². The quantitative estimate of drug-likeness (QED) is 0.678. The largest absolute Gasteiger partial charge is 0.355 e. The van der Waals surface area contributed by atoms with Gasteiger partial charge in [-0.3, -0.25) is 4.79 Å². The molecule has 0 heterocycles. The average molecular weight is 204 g/mol. The lowest BCUT2D eigenvalue weighted by Gasteiger charge is -2.15. The first-order valence-corrected chi connectivity index (χ1v) is 5.69.